The maximum absolute atomic E-state index is 13.3. The van der Waals surface area contributed by atoms with E-state index in [2.05, 4.69) is 29.5 Å². The highest BCUT2D eigenvalue weighted by atomic mass is 32.1. The number of aryl methyl sites for hydroxylation is 2. The highest BCUT2D eigenvalue weighted by Gasteiger charge is 2.37. The van der Waals surface area contributed by atoms with Crippen molar-refractivity contribution < 1.29 is 14.3 Å². The van der Waals surface area contributed by atoms with Crippen molar-refractivity contribution >= 4 is 28.9 Å². The number of thiocarbonyl (C=S) groups is 1. The monoisotopic (exact) mass is 453 g/mol. The van der Waals surface area contributed by atoms with Crippen LogP contribution in [0.25, 0.3) is 0 Å². The molecule has 7 heteroatoms. The third-order valence-corrected chi connectivity index (χ3v) is 5.85. The molecule has 1 amide bonds. The molecule has 1 aliphatic rings. The second-order valence-electron chi connectivity index (χ2n) is 7.98. The number of rotatable bonds is 8. The zero-order valence-corrected chi connectivity index (χ0v) is 19.9. The Balaban J connectivity index is 1.88. The van der Waals surface area contributed by atoms with Gasteiger partial charge in [-0.3, -0.25) is 4.79 Å². The number of unbranched alkanes of at least 4 members (excludes halogenated alkanes) is 1. The molecule has 6 nitrogen and oxygen atoms in total. The Morgan fingerprint density at radius 1 is 1.16 bits per heavy atom. The minimum atomic E-state index is -0.583. The number of hydrogen-bond acceptors (Lipinski definition) is 4. The molecule has 1 heterocycles. The van der Waals surface area contributed by atoms with E-state index in [-0.39, 0.29) is 5.91 Å². The second-order valence-corrected chi connectivity index (χ2v) is 8.39. The zero-order chi connectivity index (χ0) is 23.3. The summed E-state index contributed by atoms with van der Waals surface area (Å²) in [7, 11) is 1.61. The second kappa shape index (κ2) is 10.5. The molecule has 1 aliphatic heterocycles. The van der Waals surface area contributed by atoms with Crippen molar-refractivity contribution in [3.8, 4) is 11.5 Å². The molecule has 2 atom stereocenters. The lowest BCUT2D eigenvalue weighted by atomic mass is 9.88. The van der Waals surface area contributed by atoms with E-state index in [9.17, 15) is 4.79 Å². The molecular weight excluding hydrogens is 422 g/mol. The van der Waals surface area contributed by atoms with E-state index in [0.717, 1.165) is 29.7 Å². The highest BCUT2D eigenvalue weighted by Crippen LogP contribution is 2.36. The molecule has 0 aromatic heterocycles. The first-order valence-corrected chi connectivity index (χ1v) is 11.2. The van der Waals surface area contributed by atoms with Gasteiger partial charge in [-0.2, -0.15) is 0 Å². The summed E-state index contributed by atoms with van der Waals surface area (Å²) in [6.45, 7) is 10.9. The van der Waals surface area contributed by atoms with Crippen LogP contribution in [0.1, 0.15) is 42.5 Å². The van der Waals surface area contributed by atoms with Crippen molar-refractivity contribution in [2.24, 2.45) is 5.92 Å². The summed E-state index contributed by atoms with van der Waals surface area (Å²) in [6, 6.07) is 11.1. The first-order chi connectivity index (χ1) is 15.3. The van der Waals surface area contributed by atoms with Gasteiger partial charge in [-0.15, -0.1) is 0 Å². The van der Waals surface area contributed by atoms with Gasteiger partial charge >= 0.3 is 0 Å². The van der Waals surface area contributed by atoms with Gasteiger partial charge in [0.25, 0.3) is 0 Å². The average Bonchev–Trinajstić information content (AvgIpc) is 2.76. The number of benzene rings is 2. The van der Waals surface area contributed by atoms with Crippen LogP contribution < -0.4 is 25.4 Å². The molecule has 1 fully saturated rings. The molecule has 3 N–H and O–H groups in total. The predicted octanol–water partition coefficient (Wildman–Crippen LogP) is 4.78. The Bertz CT molecular complexity index is 1020. The van der Waals surface area contributed by atoms with E-state index in [4.69, 9.17) is 21.7 Å². The smallest absolute Gasteiger partial charge is 0.235 e. The predicted molar refractivity (Wildman–Crippen MR) is 132 cm³/mol. The number of hydrogen-bond donors (Lipinski definition) is 3. The highest BCUT2D eigenvalue weighted by molar-refractivity contribution is 7.80. The van der Waals surface area contributed by atoms with Crippen molar-refractivity contribution in [2.45, 2.75) is 39.7 Å². The number of ether oxygens (including phenoxy) is 2. The molecule has 2 aromatic carbocycles. The number of carbonyl (C=O) groups is 1. The molecule has 1 saturated heterocycles. The van der Waals surface area contributed by atoms with Crippen LogP contribution in [0.3, 0.4) is 0 Å². The first kappa shape index (κ1) is 23.6. The van der Waals surface area contributed by atoms with Crippen LogP contribution in [-0.4, -0.2) is 24.7 Å². The largest absolute Gasteiger partial charge is 0.493 e. The minimum absolute atomic E-state index is 0.173. The van der Waals surface area contributed by atoms with Crippen molar-refractivity contribution in [3.63, 3.8) is 0 Å². The van der Waals surface area contributed by atoms with Gasteiger partial charge in [0, 0.05) is 11.4 Å². The number of carbonyl (C=O) groups excluding carboxylic acids is 1. The van der Waals surface area contributed by atoms with Gasteiger partial charge in [0.1, 0.15) is 5.92 Å². The SMILES string of the molecule is C=C1NC(=S)N[C@@H](c2ccc(OCCCC)c(OC)c2)[C@@H]1C(=O)Nc1ccc(C)c(C)c1. The van der Waals surface area contributed by atoms with Gasteiger partial charge in [0.2, 0.25) is 5.91 Å². The third-order valence-electron chi connectivity index (χ3n) is 5.63. The van der Waals surface area contributed by atoms with Crippen molar-refractivity contribution in [3.05, 3.63) is 65.4 Å². The number of amides is 1. The van der Waals surface area contributed by atoms with Gasteiger partial charge in [-0.1, -0.05) is 32.1 Å². The van der Waals surface area contributed by atoms with E-state index >= 15 is 0 Å². The molecule has 32 heavy (non-hydrogen) atoms. The van der Waals surface area contributed by atoms with E-state index in [1.807, 2.05) is 50.2 Å². The van der Waals surface area contributed by atoms with Crippen LogP contribution in [0.4, 0.5) is 5.69 Å². The van der Waals surface area contributed by atoms with Crippen molar-refractivity contribution in [1.82, 2.24) is 10.6 Å². The summed E-state index contributed by atoms with van der Waals surface area (Å²) in [4.78, 5) is 13.3. The Labute approximate surface area is 195 Å². The maximum atomic E-state index is 13.3. The fraction of sp³-hybridized carbons (Fsp3) is 0.360. The van der Waals surface area contributed by atoms with Gasteiger partial charge < -0.3 is 25.4 Å². The Morgan fingerprint density at radius 3 is 2.62 bits per heavy atom. The Morgan fingerprint density at radius 2 is 1.94 bits per heavy atom. The number of methoxy groups -OCH3 is 1. The third kappa shape index (κ3) is 5.40. The van der Waals surface area contributed by atoms with E-state index in [0.29, 0.717) is 28.9 Å². The molecular formula is C25H31N3O3S. The summed E-state index contributed by atoms with van der Waals surface area (Å²) in [5.41, 5.74) is 4.43. The van der Waals surface area contributed by atoms with Crippen LogP contribution in [0.15, 0.2) is 48.7 Å². The fourth-order valence-corrected chi connectivity index (χ4v) is 3.89. The lowest BCUT2D eigenvalue weighted by Crippen LogP contribution is -2.51. The summed E-state index contributed by atoms with van der Waals surface area (Å²) < 4.78 is 11.4. The quantitative estimate of drug-likeness (QED) is 0.395. The average molecular weight is 454 g/mol. The number of anilines is 1. The van der Waals surface area contributed by atoms with Crippen LogP contribution in [0.5, 0.6) is 11.5 Å². The minimum Gasteiger partial charge on any atom is -0.493 e. The van der Waals surface area contributed by atoms with Gasteiger partial charge in [-0.05, 0) is 73.4 Å². The fourth-order valence-electron chi connectivity index (χ4n) is 3.63. The molecule has 0 unspecified atom stereocenters. The molecule has 0 bridgehead atoms. The Kier molecular flexibility index (Phi) is 7.75. The molecule has 170 valence electrons. The molecule has 0 radical (unpaired) electrons. The molecule has 2 aromatic rings. The summed E-state index contributed by atoms with van der Waals surface area (Å²) in [5, 5.41) is 9.67. The lowest BCUT2D eigenvalue weighted by molar-refractivity contribution is -0.119. The van der Waals surface area contributed by atoms with E-state index in [1.165, 1.54) is 5.56 Å². The van der Waals surface area contributed by atoms with Crippen LogP contribution in [0.2, 0.25) is 0 Å². The molecule has 0 spiro atoms. The van der Waals surface area contributed by atoms with Gasteiger partial charge in [0.05, 0.1) is 19.8 Å². The zero-order valence-electron chi connectivity index (χ0n) is 19.1. The van der Waals surface area contributed by atoms with Gasteiger partial charge in [0.15, 0.2) is 16.6 Å². The first-order valence-electron chi connectivity index (χ1n) is 10.8. The standard InChI is InChI=1S/C25H31N3O3S/c1-6-7-12-31-20-11-9-18(14-21(20)30-5)23-22(17(4)26-25(32)28-23)24(29)27-19-10-8-15(2)16(3)13-19/h8-11,13-14,22-23H,4,6-7,12H2,1-3,5H3,(H,27,29)(H2,26,28,32)/t22-,23+/m1/s1. The van der Waals surface area contributed by atoms with Crippen LogP contribution >= 0.6 is 12.2 Å². The maximum Gasteiger partial charge on any atom is 0.235 e. The van der Waals surface area contributed by atoms with Crippen molar-refractivity contribution in [1.29, 1.82) is 0 Å². The van der Waals surface area contributed by atoms with Crippen LogP contribution in [-0.2, 0) is 4.79 Å². The molecule has 0 saturated carbocycles. The lowest BCUT2D eigenvalue weighted by Gasteiger charge is -2.35. The molecule has 3 rings (SSSR count). The number of nitrogens with one attached hydrogen (secondary N) is 3. The van der Waals surface area contributed by atoms with E-state index in [1.54, 1.807) is 7.11 Å². The van der Waals surface area contributed by atoms with E-state index < -0.39 is 12.0 Å². The normalized spacial score (nSPS) is 17.9. The summed E-state index contributed by atoms with van der Waals surface area (Å²) >= 11 is 5.35. The molecule has 0 aliphatic carbocycles. The topological polar surface area (TPSA) is 71.6 Å². The van der Waals surface area contributed by atoms with Crippen LogP contribution in [0, 0.1) is 19.8 Å². The Hall–Kier alpha value is -3.06. The van der Waals surface area contributed by atoms with Crippen molar-refractivity contribution in [2.75, 3.05) is 19.0 Å². The summed E-state index contributed by atoms with van der Waals surface area (Å²) in [6.07, 6.45) is 2.02. The summed E-state index contributed by atoms with van der Waals surface area (Å²) in [5.74, 6) is 0.535. The van der Waals surface area contributed by atoms with Gasteiger partial charge in [-0.25, -0.2) is 0 Å².